The van der Waals surface area contributed by atoms with E-state index in [4.69, 9.17) is 0 Å². The van der Waals surface area contributed by atoms with Crippen LogP contribution in [0.3, 0.4) is 0 Å². The molecule has 1 amide bonds. The highest BCUT2D eigenvalue weighted by Crippen LogP contribution is 2.29. The van der Waals surface area contributed by atoms with Gasteiger partial charge in [-0.1, -0.05) is 37.0 Å². The minimum absolute atomic E-state index is 0.243. The molecule has 0 bridgehead atoms. The minimum atomic E-state index is -0.322. The van der Waals surface area contributed by atoms with Gasteiger partial charge in [-0.05, 0) is 5.92 Å². The third kappa shape index (κ3) is 2.95. The first-order valence-electron chi connectivity index (χ1n) is 6.31. The van der Waals surface area contributed by atoms with Gasteiger partial charge in [-0.2, -0.15) is 15.4 Å². The highest BCUT2D eigenvalue weighted by molar-refractivity contribution is 7.15. The average Bonchev–Trinajstić information content (AvgIpc) is 3.10. The molecule has 0 spiro atoms. The fourth-order valence-corrected chi connectivity index (χ4v) is 3.17. The zero-order valence-electron chi connectivity index (χ0n) is 10.3. The molecule has 2 aromatic heterocycles. The first-order valence-corrected chi connectivity index (χ1v) is 7.12. The molecule has 7 nitrogen and oxygen atoms in total. The molecule has 3 rings (SSSR count). The van der Waals surface area contributed by atoms with Crippen molar-refractivity contribution in [2.75, 3.05) is 5.32 Å². The molecule has 8 heteroatoms. The number of aromatic nitrogens is 5. The number of hydrogen-bond donors (Lipinski definition) is 2. The molecule has 2 heterocycles. The molecule has 1 aliphatic carbocycles. The van der Waals surface area contributed by atoms with Crippen LogP contribution in [0, 0.1) is 5.92 Å². The third-order valence-corrected chi connectivity index (χ3v) is 4.13. The number of H-pyrrole nitrogens is 1. The molecule has 100 valence electrons. The summed E-state index contributed by atoms with van der Waals surface area (Å²) in [5.41, 5.74) is 0.243. The number of carbonyl (C=O) groups excluding carboxylic acids is 1. The van der Waals surface area contributed by atoms with Gasteiger partial charge >= 0.3 is 0 Å². The van der Waals surface area contributed by atoms with Crippen LogP contribution in [0.4, 0.5) is 5.13 Å². The Kier molecular flexibility index (Phi) is 3.49. The van der Waals surface area contributed by atoms with Gasteiger partial charge in [-0.3, -0.25) is 10.1 Å². The number of anilines is 1. The second-order valence-electron chi connectivity index (χ2n) is 4.66. The van der Waals surface area contributed by atoms with Crippen LogP contribution in [0.5, 0.6) is 0 Å². The number of nitrogens with zero attached hydrogens (tertiary/aromatic N) is 4. The molecule has 0 atom stereocenters. The largest absolute Gasteiger partial charge is 0.295 e. The SMILES string of the molecule is O=C(Nc1nnc(CC2CCCC2)s1)c1cn[nH]n1. The Morgan fingerprint density at radius 2 is 2.26 bits per heavy atom. The molecular formula is C11H14N6OS. The maximum absolute atomic E-state index is 11.7. The average molecular weight is 278 g/mol. The summed E-state index contributed by atoms with van der Waals surface area (Å²) in [6, 6.07) is 0. The molecule has 2 aromatic rings. The lowest BCUT2D eigenvalue weighted by Crippen LogP contribution is -2.12. The van der Waals surface area contributed by atoms with E-state index < -0.39 is 0 Å². The van der Waals surface area contributed by atoms with E-state index in [2.05, 4.69) is 30.9 Å². The zero-order valence-corrected chi connectivity index (χ0v) is 11.1. The van der Waals surface area contributed by atoms with Crippen molar-refractivity contribution in [2.45, 2.75) is 32.1 Å². The van der Waals surface area contributed by atoms with E-state index in [1.165, 1.54) is 43.2 Å². The summed E-state index contributed by atoms with van der Waals surface area (Å²) in [4.78, 5) is 11.7. The molecular weight excluding hydrogens is 264 g/mol. The topological polar surface area (TPSA) is 96.5 Å². The van der Waals surface area contributed by atoms with E-state index in [1.807, 2.05) is 0 Å². The van der Waals surface area contributed by atoms with Crippen molar-refractivity contribution in [2.24, 2.45) is 5.92 Å². The lowest BCUT2D eigenvalue weighted by Gasteiger charge is -2.03. The van der Waals surface area contributed by atoms with Gasteiger partial charge in [0.2, 0.25) is 5.13 Å². The van der Waals surface area contributed by atoms with E-state index in [1.54, 1.807) is 0 Å². The predicted octanol–water partition coefficient (Wildman–Crippen LogP) is 1.64. The van der Waals surface area contributed by atoms with Crippen molar-refractivity contribution in [1.29, 1.82) is 0 Å². The smallest absolute Gasteiger partial charge is 0.279 e. The quantitative estimate of drug-likeness (QED) is 0.886. The predicted molar refractivity (Wildman–Crippen MR) is 69.9 cm³/mol. The third-order valence-electron chi connectivity index (χ3n) is 3.27. The van der Waals surface area contributed by atoms with Crippen LogP contribution < -0.4 is 5.32 Å². The van der Waals surface area contributed by atoms with E-state index in [0.29, 0.717) is 5.13 Å². The Labute approximate surface area is 113 Å². The number of nitrogens with one attached hydrogen (secondary N) is 2. The van der Waals surface area contributed by atoms with Crippen LogP contribution in [0.2, 0.25) is 0 Å². The molecule has 0 aromatic carbocycles. The Morgan fingerprint density at radius 1 is 1.42 bits per heavy atom. The van der Waals surface area contributed by atoms with Crippen molar-refractivity contribution in [3.05, 3.63) is 16.9 Å². The first kappa shape index (κ1) is 12.2. The standard InChI is InChI=1S/C11H14N6OS/c18-10(8-6-12-17-14-8)13-11-16-15-9(19-11)5-7-3-1-2-4-7/h6-7H,1-5H2,(H,12,14,17)(H,13,16,18). The highest BCUT2D eigenvalue weighted by Gasteiger charge is 2.18. The molecule has 1 fully saturated rings. The van der Waals surface area contributed by atoms with Gasteiger partial charge in [0.25, 0.3) is 5.91 Å². The second-order valence-corrected chi connectivity index (χ2v) is 5.73. The van der Waals surface area contributed by atoms with Crippen LogP contribution in [0.1, 0.15) is 41.2 Å². The van der Waals surface area contributed by atoms with E-state index in [-0.39, 0.29) is 11.6 Å². The van der Waals surface area contributed by atoms with Crippen molar-refractivity contribution in [3.63, 3.8) is 0 Å². The summed E-state index contributed by atoms with van der Waals surface area (Å²) in [7, 11) is 0. The van der Waals surface area contributed by atoms with Crippen LogP contribution in [0.25, 0.3) is 0 Å². The van der Waals surface area contributed by atoms with Crippen molar-refractivity contribution < 1.29 is 4.79 Å². The minimum Gasteiger partial charge on any atom is -0.295 e. The fraction of sp³-hybridized carbons (Fsp3) is 0.545. The monoisotopic (exact) mass is 278 g/mol. The maximum atomic E-state index is 11.7. The van der Waals surface area contributed by atoms with Gasteiger partial charge in [0.1, 0.15) is 5.01 Å². The van der Waals surface area contributed by atoms with Crippen molar-refractivity contribution in [3.8, 4) is 0 Å². The van der Waals surface area contributed by atoms with Gasteiger partial charge in [0, 0.05) is 6.42 Å². The van der Waals surface area contributed by atoms with Gasteiger partial charge < -0.3 is 0 Å². The molecule has 0 saturated heterocycles. The number of hydrogen-bond acceptors (Lipinski definition) is 6. The van der Waals surface area contributed by atoms with E-state index in [9.17, 15) is 4.79 Å². The normalized spacial score (nSPS) is 15.8. The molecule has 0 unspecified atom stereocenters. The number of amides is 1. The van der Waals surface area contributed by atoms with Gasteiger partial charge in [-0.15, -0.1) is 10.2 Å². The summed E-state index contributed by atoms with van der Waals surface area (Å²) < 4.78 is 0. The Bertz CT molecular complexity index is 545. The summed E-state index contributed by atoms with van der Waals surface area (Å²) in [6.07, 6.45) is 7.53. The second kappa shape index (κ2) is 5.43. The fourth-order valence-electron chi connectivity index (χ4n) is 2.32. The maximum Gasteiger partial charge on any atom is 0.279 e. The van der Waals surface area contributed by atoms with Crippen LogP contribution in [0.15, 0.2) is 6.20 Å². The molecule has 1 aliphatic rings. The molecule has 0 aliphatic heterocycles. The number of aromatic amines is 1. The Morgan fingerprint density at radius 3 is 3.00 bits per heavy atom. The first-order chi connectivity index (χ1) is 9.31. The van der Waals surface area contributed by atoms with Gasteiger partial charge in [0.15, 0.2) is 5.69 Å². The molecule has 0 radical (unpaired) electrons. The zero-order chi connectivity index (χ0) is 13.1. The van der Waals surface area contributed by atoms with E-state index >= 15 is 0 Å². The van der Waals surface area contributed by atoms with E-state index in [0.717, 1.165) is 17.3 Å². The van der Waals surface area contributed by atoms with Crippen LogP contribution in [-0.2, 0) is 6.42 Å². The van der Waals surface area contributed by atoms with Crippen LogP contribution in [-0.4, -0.2) is 31.5 Å². The van der Waals surface area contributed by atoms with Crippen LogP contribution >= 0.6 is 11.3 Å². The Balaban J connectivity index is 1.60. The van der Waals surface area contributed by atoms with Gasteiger partial charge in [-0.25, -0.2) is 0 Å². The van der Waals surface area contributed by atoms with Crippen molar-refractivity contribution in [1.82, 2.24) is 25.6 Å². The number of rotatable bonds is 4. The molecule has 19 heavy (non-hydrogen) atoms. The van der Waals surface area contributed by atoms with Gasteiger partial charge in [0.05, 0.1) is 6.20 Å². The summed E-state index contributed by atoms with van der Waals surface area (Å²) in [5, 5.41) is 22.0. The Hall–Kier alpha value is -1.83. The highest BCUT2D eigenvalue weighted by atomic mass is 32.1. The summed E-state index contributed by atoms with van der Waals surface area (Å²) in [5.74, 6) is 0.407. The van der Waals surface area contributed by atoms with Crippen molar-refractivity contribution >= 4 is 22.4 Å². The molecule has 1 saturated carbocycles. The lowest BCUT2D eigenvalue weighted by atomic mass is 10.1. The lowest BCUT2D eigenvalue weighted by molar-refractivity contribution is 0.102. The summed E-state index contributed by atoms with van der Waals surface area (Å²) >= 11 is 1.43. The molecule has 2 N–H and O–H groups in total. The summed E-state index contributed by atoms with van der Waals surface area (Å²) in [6.45, 7) is 0. The number of carbonyl (C=O) groups is 1.